The summed E-state index contributed by atoms with van der Waals surface area (Å²) in [4.78, 5) is 3.96. The van der Waals surface area contributed by atoms with Crippen molar-refractivity contribution < 1.29 is 14.2 Å². The van der Waals surface area contributed by atoms with Gasteiger partial charge in [0.15, 0.2) is 0 Å². The fourth-order valence-corrected chi connectivity index (χ4v) is 2.38. The van der Waals surface area contributed by atoms with Crippen LogP contribution in [0.1, 0.15) is 5.56 Å². The lowest BCUT2D eigenvalue weighted by Gasteiger charge is -2.28. The molecule has 2 heterocycles. The lowest BCUT2D eigenvalue weighted by atomic mass is 10.1. The summed E-state index contributed by atoms with van der Waals surface area (Å²) in [6.07, 6.45) is 3.07. The van der Waals surface area contributed by atoms with Crippen molar-refractivity contribution in [2.45, 2.75) is 18.4 Å². The van der Waals surface area contributed by atoms with Gasteiger partial charge in [-0.05, 0) is 0 Å². The number of rotatable bonds is 5. The molecule has 0 spiro atoms. The van der Waals surface area contributed by atoms with Crippen LogP contribution in [0.15, 0.2) is 43.0 Å². The van der Waals surface area contributed by atoms with Crippen LogP contribution < -0.4 is 0 Å². The van der Waals surface area contributed by atoms with Crippen molar-refractivity contribution >= 4 is 0 Å². The van der Waals surface area contributed by atoms with E-state index in [1.165, 1.54) is 6.33 Å². The highest BCUT2D eigenvalue weighted by molar-refractivity contribution is 5.21. The molecule has 6 heteroatoms. The Morgan fingerprint density at radius 2 is 2.25 bits per heavy atom. The Morgan fingerprint density at radius 3 is 2.95 bits per heavy atom. The number of hydrogen-bond acceptors (Lipinski definition) is 5. The van der Waals surface area contributed by atoms with Gasteiger partial charge in [0.2, 0.25) is 5.79 Å². The van der Waals surface area contributed by atoms with E-state index in [1.807, 2.05) is 30.3 Å². The highest BCUT2D eigenvalue weighted by Crippen LogP contribution is 2.35. The molecule has 1 aromatic carbocycles. The first kappa shape index (κ1) is 13.2. The monoisotopic (exact) mass is 275 g/mol. The fraction of sp³-hybridized carbons (Fsp3) is 0.429. The lowest BCUT2D eigenvalue weighted by Crippen LogP contribution is -2.34. The Morgan fingerprint density at radius 1 is 1.40 bits per heavy atom. The predicted octanol–water partition coefficient (Wildman–Crippen LogP) is 1.19. The van der Waals surface area contributed by atoms with Crippen molar-refractivity contribution in [3.8, 4) is 0 Å². The van der Waals surface area contributed by atoms with Crippen molar-refractivity contribution in [3.05, 3.63) is 48.5 Å². The van der Waals surface area contributed by atoms with Crippen LogP contribution in [0.2, 0.25) is 0 Å². The highest BCUT2D eigenvalue weighted by Gasteiger charge is 2.43. The van der Waals surface area contributed by atoms with Crippen LogP contribution in [-0.2, 0) is 26.5 Å². The van der Waals surface area contributed by atoms with Crippen molar-refractivity contribution in [2.75, 3.05) is 20.3 Å². The number of methoxy groups -OCH3 is 1. The van der Waals surface area contributed by atoms with Gasteiger partial charge in [0, 0.05) is 12.7 Å². The first-order chi connectivity index (χ1) is 9.82. The molecule has 0 saturated carbocycles. The number of aromatic nitrogens is 3. The van der Waals surface area contributed by atoms with Gasteiger partial charge in [-0.25, -0.2) is 9.67 Å². The molecule has 2 aromatic rings. The summed E-state index contributed by atoms with van der Waals surface area (Å²) in [6, 6.07) is 9.88. The topological polar surface area (TPSA) is 58.4 Å². The lowest BCUT2D eigenvalue weighted by molar-refractivity contribution is -0.192. The third kappa shape index (κ3) is 2.58. The Hall–Kier alpha value is -1.76. The van der Waals surface area contributed by atoms with Gasteiger partial charge in [0.05, 0.1) is 13.2 Å². The van der Waals surface area contributed by atoms with E-state index in [0.29, 0.717) is 19.8 Å². The average molecular weight is 275 g/mol. The summed E-state index contributed by atoms with van der Waals surface area (Å²) in [6.45, 7) is 1.46. The summed E-state index contributed by atoms with van der Waals surface area (Å²) >= 11 is 0. The van der Waals surface area contributed by atoms with Crippen molar-refractivity contribution in [3.63, 3.8) is 0 Å². The minimum absolute atomic E-state index is 0.0799. The molecule has 106 valence electrons. The summed E-state index contributed by atoms with van der Waals surface area (Å²) in [5.41, 5.74) is 0.967. The molecule has 2 atom stereocenters. The molecule has 6 nitrogen and oxygen atoms in total. The van der Waals surface area contributed by atoms with Gasteiger partial charge in [-0.15, -0.1) is 0 Å². The van der Waals surface area contributed by atoms with E-state index in [0.717, 1.165) is 5.56 Å². The molecule has 1 fully saturated rings. The quantitative estimate of drug-likeness (QED) is 0.820. The Kier molecular flexibility index (Phi) is 3.77. The van der Waals surface area contributed by atoms with E-state index in [1.54, 1.807) is 18.1 Å². The second-order valence-corrected chi connectivity index (χ2v) is 4.72. The van der Waals surface area contributed by atoms with Crippen LogP contribution in [0.3, 0.4) is 0 Å². The molecule has 0 radical (unpaired) electrons. The van der Waals surface area contributed by atoms with Gasteiger partial charge in [0.1, 0.15) is 25.3 Å². The van der Waals surface area contributed by atoms with E-state index in [4.69, 9.17) is 14.2 Å². The zero-order chi connectivity index (χ0) is 13.8. The molecule has 1 aliphatic heterocycles. The number of benzene rings is 1. The summed E-state index contributed by atoms with van der Waals surface area (Å²) in [5, 5.41) is 4.14. The third-order valence-corrected chi connectivity index (χ3v) is 3.26. The SMILES string of the molecule is COCC1COC(Cn2cncn2)(c2ccccc2)O1. The zero-order valence-corrected chi connectivity index (χ0v) is 11.3. The van der Waals surface area contributed by atoms with E-state index in [9.17, 15) is 0 Å². The Labute approximate surface area is 117 Å². The van der Waals surface area contributed by atoms with E-state index in [-0.39, 0.29) is 6.10 Å². The maximum atomic E-state index is 6.11. The maximum absolute atomic E-state index is 6.11. The van der Waals surface area contributed by atoms with Crippen LogP contribution in [0, 0.1) is 0 Å². The molecule has 0 amide bonds. The molecular weight excluding hydrogens is 258 g/mol. The molecule has 0 aliphatic carbocycles. The van der Waals surface area contributed by atoms with Gasteiger partial charge in [-0.3, -0.25) is 0 Å². The minimum atomic E-state index is -0.835. The second kappa shape index (κ2) is 5.70. The molecular formula is C14H17N3O3. The van der Waals surface area contributed by atoms with Crippen LogP contribution in [-0.4, -0.2) is 41.2 Å². The first-order valence-electron chi connectivity index (χ1n) is 6.51. The Bertz CT molecular complexity index is 532. The van der Waals surface area contributed by atoms with E-state index >= 15 is 0 Å². The standard InChI is InChI=1S/C14H17N3O3/c1-18-7-13-8-19-14(20-13,9-17-11-15-10-16-17)12-5-3-2-4-6-12/h2-6,10-11,13H,7-9H2,1H3. The molecule has 0 bridgehead atoms. The smallest absolute Gasteiger partial charge is 0.215 e. The van der Waals surface area contributed by atoms with Gasteiger partial charge in [-0.2, -0.15) is 5.10 Å². The van der Waals surface area contributed by atoms with Crippen LogP contribution in [0.4, 0.5) is 0 Å². The van der Waals surface area contributed by atoms with Crippen LogP contribution >= 0.6 is 0 Å². The molecule has 1 aliphatic rings. The summed E-state index contributed by atoms with van der Waals surface area (Å²) < 4.78 is 18.9. The van der Waals surface area contributed by atoms with E-state index < -0.39 is 5.79 Å². The molecule has 0 N–H and O–H groups in total. The molecule has 3 rings (SSSR count). The average Bonchev–Trinajstić information content (AvgIpc) is 3.12. The summed E-state index contributed by atoms with van der Waals surface area (Å²) in [5.74, 6) is -0.835. The second-order valence-electron chi connectivity index (χ2n) is 4.72. The number of nitrogens with zero attached hydrogens (tertiary/aromatic N) is 3. The van der Waals surface area contributed by atoms with Crippen molar-refractivity contribution in [1.82, 2.24) is 14.8 Å². The Balaban J connectivity index is 1.88. The fourth-order valence-electron chi connectivity index (χ4n) is 2.38. The highest BCUT2D eigenvalue weighted by atomic mass is 16.8. The van der Waals surface area contributed by atoms with Crippen LogP contribution in [0.25, 0.3) is 0 Å². The molecule has 1 aromatic heterocycles. The maximum Gasteiger partial charge on any atom is 0.215 e. The molecule has 1 saturated heterocycles. The van der Waals surface area contributed by atoms with Gasteiger partial charge in [0.25, 0.3) is 0 Å². The normalized spacial score (nSPS) is 25.9. The molecule has 2 unspecified atom stereocenters. The van der Waals surface area contributed by atoms with Crippen molar-refractivity contribution in [2.24, 2.45) is 0 Å². The largest absolute Gasteiger partial charge is 0.382 e. The zero-order valence-electron chi connectivity index (χ0n) is 11.3. The van der Waals surface area contributed by atoms with Gasteiger partial charge >= 0.3 is 0 Å². The van der Waals surface area contributed by atoms with Gasteiger partial charge in [-0.1, -0.05) is 30.3 Å². The van der Waals surface area contributed by atoms with Gasteiger partial charge < -0.3 is 14.2 Å². The van der Waals surface area contributed by atoms with Crippen LogP contribution in [0.5, 0.6) is 0 Å². The summed E-state index contributed by atoms with van der Waals surface area (Å²) in [7, 11) is 1.66. The third-order valence-electron chi connectivity index (χ3n) is 3.26. The number of ether oxygens (including phenoxy) is 3. The minimum Gasteiger partial charge on any atom is -0.382 e. The first-order valence-corrected chi connectivity index (χ1v) is 6.51. The predicted molar refractivity (Wildman–Crippen MR) is 70.8 cm³/mol. The molecule has 20 heavy (non-hydrogen) atoms. The number of hydrogen-bond donors (Lipinski definition) is 0. The van der Waals surface area contributed by atoms with Crippen molar-refractivity contribution in [1.29, 1.82) is 0 Å². The van der Waals surface area contributed by atoms with E-state index in [2.05, 4.69) is 10.1 Å².